The minimum absolute atomic E-state index is 0.197. The molecule has 2 rings (SSSR count). The molecule has 0 aromatic carbocycles. The second-order valence-corrected chi connectivity index (χ2v) is 5.77. The molecule has 0 spiro atoms. The fourth-order valence-corrected chi connectivity index (χ4v) is 1.67. The third kappa shape index (κ3) is 14.2. The highest BCUT2D eigenvalue weighted by molar-refractivity contribution is 7.35. The molecule has 4 nitrogen and oxygen atoms in total. The summed E-state index contributed by atoms with van der Waals surface area (Å²) in [5.41, 5.74) is 0. The molecule has 1 N–H and O–H groups in total. The van der Waals surface area contributed by atoms with Crippen molar-refractivity contribution in [2.45, 2.75) is 44.6 Å². The Balaban J connectivity index is 0.000000284. The van der Waals surface area contributed by atoms with Crippen LogP contribution in [0, 0.1) is 0 Å². The van der Waals surface area contributed by atoms with Gasteiger partial charge in [0.1, 0.15) is 6.61 Å². The van der Waals surface area contributed by atoms with Crippen molar-refractivity contribution in [1.29, 1.82) is 0 Å². The van der Waals surface area contributed by atoms with Crippen molar-refractivity contribution >= 4 is 14.4 Å². The number of aliphatic hydroxyl groups is 1. The molecule has 0 saturated carbocycles. The van der Waals surface area contributed by atoms with Gasteiger partial charge in [0.25, 0.3) is 0 Å². The van der Waals surface area contributed by atoms with Gasteiger partial charge in [-0.05, 0) is 45.4 Å². The number of hydrogen-bond acceptors (Lipinski definition) is 4. The van der Waals surface area contributed by atoms with Gasteiger partial charge in [-0.15, -0.1) is 8.58 Å². The van der Waals surface area contributed by atoms with Crippen molar-refractivity contribution < 1.29 is 19.4 Å². The Bertz CT molecular complexity index is 194. The topological polar surface area (TPSA) is 55.8 Å². The lowest BCUT2D eigenvalue weighted by molar-refractivity contribution is -0.122. The Morgan fingerprint density at radius 1 is 1.11 bits per heavy atom. The van der Waals surface area contributed by atoms with Crippen LogP contribution in [0.1, 0.15) is 38.5 Å². The highest BCUT2D eigenvalue weighted by Crippen LogP contribution is 2.06. The molecule has 0 radical (unpaired) electrons. The summed E-state index contributed by atoms with van der Waals surface area (Å²) < 4.78 is 10.0. The number of rotatable bonds is 0. The average Bonchev–Trinajstić information content (AvgIpc) is 2.75. The lowest BCUT2D eigenvalue weighted by atomic mass is 10.2. The number of carbonyl (C=O) groups excluding carboxylic acids is 1. The fraction of sp³-hybridized carbons (Fsp3) is 0.929. The van der Waals surface area contributed by atoms with Crippen LogP contribution in [-0.2, 0) is 14.3 Å². The van der Waals surface area contributed by atoms with Crippen molar-refractivity contribution in [3.63, 3.8) is 0 Å². The van der Waals surface area contributed by atoms with Crippen molar-refractivity contribution in [3.8, 4) is 0 Å². The lowest BCUT2D eigenvalue weighted by Gasteiger charge is -2.02. The maximum Gasteiger partial charge on any atom is 0.158 e. The van der Waals surface area contributed by atoms with E-state index in [-0.39, 0.29) is 11.9 Å². The van der Waals surface area contributed by atoms with E-state index < -0.39 is 0 Å². The van der Waals surface area contributed by atoms with E-state index in [1.54, 1.807) is 0 Å². The summed E-state index contributed by atoms with van der Waals surface area (Å²) >= 11 is 0. The van der Waals surface area contributed by atoms with Crippen LogP contribution in [0.4, 0.5) is 0 Å². The number of hydrogen-bond donors (Lipinski definition) is 1. The van der Waals surface area contributed by atoms with E-state index in [0.717, 1.165) is 60.3 Å². The van der Waals surface area contributed by atoms with E-state index in [1.165, 1.54) is 0 Å². The van der Waals surface area contributed by atoms with E-state index in [1.807, 2.05) is 0 Å². The molecule has 2 heterocycles. The number of ether oxygens (including phenoxy) is 2. The summed E-state index contributed by atoms with van der Waals surface area (Å²) in [6.07, 6.45) is 5.72. The normalized spacial score (nSPS) is 23.9. The van der Waals surface area contributed by atoms with E-state index in [9.17, 15) is 4.79 Å². The molecule has 19 heavy (non-hydrogen) atoms. The van der Waals surface area contributed by atoms with Gasteiger partial charge in [0, 0.05) is 19.6 Å². The van der Waals surface area contributed by atoms with Crippen LogP contribution in [0.5, 0.6) is 0 Å². The average molecular weight is 292 g/mol. The van der Waals surface area contributed by atoms with Crippen molar-refractivity contribution in [2.24, 2.45) is 0 Å². The molecule has 0 aliphatic carbocycles. The molecule has 0 amide bonds. The minimum atomic E-state index is -0.197. The van der Waals surface area contributed by atoms with Crippen LogP contribution in [0.2, 0.25) is 0 Å². The summed E-state index contributed by atoms with van der Waals surface area (Å²) in [4.78, 5) is 10.6. The van der Waals surface area contributed by atoms with Gasteiger partial charge in [-0.3, -0.25) is 4.79 Å². The Kier molecular flexibility index (Phi) is 14.4. The van der Waals surface area contributed by atoms with Crippen LogP contribution >= 0.6 is 8.58 Å². The van der Waals surface area contributed by atoms with E-state index >= 15 is 0 Å². The van der Waals surface area contributed by atoms with E-state index in [0.29, 0.717) is 13.2 Å². The van der Waals surface area contributed by atoms with Gasteiger partial charge in [0.2, 0.25) is 0 Å². The third-order valence-corrected chi connectivity index (χ3v) is 2.64. The second-order valence-electron chi connectivity index (χ2n) is 4.77. The summed E-state index contributed by atoms with van der Waals surface area (Å²) in [5.74, 6) is 0.252. The molecule has 1 unspecified atom stereocenters. The first-order valence-electron chi connectivity index (χ1n) is 7.14. The van der Waals surface area contributed by atoms with Gasteiger partial charge >= 0.3 is 0 Å². The standard InChI is InChI=1S/C6H12O2.C6H10O2.C2H7P/c2*7-6-3-1-2-4-8-5-6;1-3-2/h6-7H,1-5H2;1-5H2;3H,1-2H3. The highest BCUT2D eigenvalue weighted by Gasteiger charge is 2.07. The summed E-state index contributed by atoms with van der Waals surface area (Å²) in [6.45, 7) is 6.79. The third-order valence-electron chi connectivity index (χ3n) is 2.64. The maximum atomic E-state index is 10.6. The predicted molar refractivity (Wildman–Crippen MR) is 80.5 cm³/mol. The van der Waals surface area contributed by atoms with Crippen molar-refractivity contribution in [2.75, 3.05) is 39.8 Å². The molecule has 2 fully saturated rings. The molecule has 1 atom stereocenters. The molecule has 5 heteroatoms. The van der Waals surface area contributed by atoms with Gasteiger partial charge in [-0.1, -0.05) is 0 Å². The first-order chi connectivity index (χ1) is 9.20. The van der Waals surface area contributed by atoms with E-state index in [4.69, 9.17) is 14.6 Å². The maximum absolute atomic E-state index is 10.6. The van der Waals surface area contributed by atoms with Gasteiger partial charge < -0.3 is 14.6 Å². The molecule has 0 bridgehead atoms. The number of Topliss-reactive ketones (excluding diaryl/α,β-unsaturated/α-hetero) is 1. The number of aliphatic hydroxyl groups excluding tert-OH is 1. The monoisotopic (exact) mass is 292 g/mol. The fourth-order valence-electron chi connectivity index (χ4n) is 1.67. The lowest BCUT2D eigenvalue weighted by Crippen LogP contribution is -2.11. The highest BCUT2D eigenvalue weighted by atomic mass is 31.1. The minimum Gasteiger partial charge on any atom is -0.391 e. The van der Waals surface area contributed by atoms with Crippen molar-refractivity contribution in [3.05, 3.63) is 0 Å². The Hall–Kier alpha value is -0.0200. The van der Waals surface area contributed by atoms with Gasteiger partial charge in [0.15, 0.2) is 5.78 Å². The summed E-state index contributed by atoms with van der Waals surface area (Å²) in [5, 5.41) is 8.96. The molecule has 2 aliphatic rings. The second kappa shape index (κ2) is 14.4. The summed E-state index contributed by atoms with van der Waals surface area (Å²) in [6, 6.07) is 0. The molecule has 0 aromatic heterocycles. The molecule has 2 aliphatic heterocycles. The van der Waals surface area contributed by atoms with Crippen LogP contribution in [0.25, 0.3) is 0 Å². The van der Waals surface area contributed by atoms with Crippen LogP contribution in [0.3, 0.4) is 0 Å². The Morgan fingerprint density at radius 2 is 1.74 bits per heavy atom. The van der Waals surface area contributed by atoms with Gasteiger partial charge in [-0.25, -0.2) is 0 Å². The molecule has 0 aromatic rings. The predicted octanol–water partition coefficient (Wildman–Crippen LogP) is 2.23. The first-order valence-corrected chi connectivity index (χ1v) is 9.14. The smallest absolute Gasteiger partial charge is 0.158 e. The quantitative estimate of drug-likeness (QED) is 0.696. The number of carbonyl (C=O) groups is 1. The van der Waals surface area contributed by atoms with Crippen LogP contribution in [-0.4, -0.2) is 56.8 Å². The summed E-state index contributed by atoms with van der Waals surface area (Å²) in [7, 11) is 1.08. The zero-order chi connectivity index (χ0) is 14.3. The molecule has 2 saturated heterocycles. The van der Waals surface area contributed by atoms with E-state index in [2.05, 4.69) is 13.3 Å². The molecular weight excluding hydrogens is 263 g/mol. The zero-order valence-corrected chi connectivity index (χ0v) is 13.3. The number of ketones is 1. The van der Waals surface area contributed by atoms with Gasteiger partial charge in [0.05, 0.1) is 12.7 Å². The molecule has 114 valence electrons. The SMILES string of the molecule is CPC.O=C1CCCCOC1.OC1CCCCOC1. The zero-order valence-electron chi connectivity index (χ0n) is 12.3. The largest absolute Gasteiger partial charge is 0.391 e. The first kappa shape index (κ1) is 19.0. The molecular formula is C14H29O4P. The van der Waals surface area contributed by atoms with Gasteiger partial charge in [-0.2, -0.15) is 0 Å². The Labute approximate surface area is 119 Å². The van der Waals surface area contributed by atoms with Crippen LogP contribution < -0.4 is 0 Å². The van der Waals surface area contributed by atoms with Crippen molar-refractivity contribution in [1.82, 2.24) is 0 Å². The Morgan fingerprint density at radius 3 is 2.47 bits per heavy atom. The van der Waals surface area contributed by atoms with Crippen LogP contribution in [0.15, 0.2) is 0 Å².